The summed E-state index contributed by atoms with van der Waals surface area (Å²) in [5.41, 5.74) is 0. The molecule has 0 N–H and O–H groups in total. The van der Waals surface area contributed by atoms with Gasteiger partial charge < -0.3 is 9.47 Å². The second-order valence-corrected chi connectivity index (χ2v) is 7.59. The Bertz CT molecular complexity index is 821. The first-order valence-electron chi connectivity index (χ1n) is 8.14. The molecular formula is C17H21N5S. The summed E-state index contributed by atoms with van der Waals surface area (Å²) < 4.78 is 2.26. The van der Waals surface area contributed by atoms with Gasteiger partial charge in [-0.05, 0) is 38.7 Å². The molecule has 5 nitrogen and oxygen atoms in total. The van der Waals surface area contributed by atoms with E-state index in [1.807, 2.05) is 6.20 Å². The first-order chi connectivity index (χ1) is 11.2. The molecule has 0 aliphatic carbocycles. The van der Waals surface area contributed by atoms with Gasteiger partial charge in [0.1, 0.15) is 22.8 Å². The number of imidazole rings is 1. The van der Waals surface area contributed by atoms with Crippen molar-refractivity contribution in [2.75, 3.05) is 18.0 Å². The van der Waals surface area contributed by atoms with Gasteiger partial charge in [-0.15, -0.1) is 11.3 Å². The van der Waals surface area contributed by atoms with Gasteiger partial charge in [0.25, 0.3) is 0 Å². The quantitative estimate of drug-likeness (QED) is 0.739. The van der Waals surface area contributed by atoms with Crippen LogP contribution in [0.1, 0.15) is 23.5 Å². The third-order valence-corrected chi connectivity index (χ3v) is 5.59. The minimum atomic E-state index is 0.640. The van der Waals surface area contributed by atoms with Crippen molar-refractivity contribution in [1.29, 1.82) is 0 Å². The van der Waals surface area contributed by atoms with Crippen LogP contribution in [-0.4, -0.2) is 32.6 Å². The van der Waals surface area contributed by atoms with E-state index in [2.05, 4.69) is 50.5 Å². The van der Waals surface area contributed by atoms with Crippen molar-refractivity contribution in [3.05, 3.63) is 35.5 Å². The maximum absolute atomic E-state index is 4.60. The standard InChI is InChI=1S/C17H21N5S/c1-12-8-15-16(19-11-20-17(15)23-12)22-6-3-4-14(10-22)9-21-7-5-18-13(21)2/h5,7-8,11,14H,3-4,6,9-10H2,1-2H3. The Morgan fingerprint density at radius 2 is 2.17 bits per heavy atom. The zero-order chi connectivity index (χ0) is 15.8. The summed E-state index contributed by atoms with van der Waals surface area (Å²) >= 11 is 1.75. The van der Waals surface area contributed by atoms with Crippen LogP contribution in [0.4, 0.5) is 5.82 Å². The second-order valence-electron chi connectivity index (χ2n) is 6.35. The van der Waals surface area contributed by atoms with Crippen molar-refractivity contribution in [2.24, 2.45) is 5.92 Å². The fraction of sp³-hybridized carbons (Fsp3) is 0.471. The van der Waals surface area contributed by atoms with Crippen LogP contribution >= 0.6 is 11.3 Å². The number of nitrogens with zero attached hydrogens (tertiary/aromatic N) is 5. The van der Waals surface area contributed by atoms with Gasteiger partial charge in [-0.2, -0.15) is 0 Å². The van der Waals surface area contributed by atoms with Gasteiger partial charge in [-0.1, -0.05) is 0 Å². The van der Waals surface area contributed by atoms with E-state index >= 15 is 0 Å². The second kappa shape index (κ2) is 5.92. The number of hydrogen-bond acceptors (Lipinski definition) is 5. The molecule has 3 aromatic heterocycles. The molecule has 0 amide bonds. The summed E-state index contributed by atoms with van der Waals surface area (Å²) in [5, 5.41) is 1.20. The number of piperidine rings is 1. The van der Waals surface area contributed by atoms with Crippen LogP contribution in [0.15, 0.2) is 24.8 Å². The molecule has 1 aliphatic heterocycles. The van der Waals surface area contributed by atoms with Gasteiger partial charge in [0.05, 0.1) is 5.39 Å². The van der Waals surface area contributed by atoms with Crippen LogP contribution in [-0.2, 0) is 6.54 Å². The average Bonchev–Trinajstić information content (AvgIpc) is 3.12. The number of thiophene rings is 1. The highest BCUT2D eigenvalue weighted by atomic mass is 32.1. The van der Waals surface area contributed by atoms with Crippen LogP contribution in [0, 0.1) is 19.8 Å². The van der Waals surface area contributed by atoms with E-state index in [0.29, 0.717) is 5.92 Å². The summed E-state index contributed by atoms with van der Waals surface area (Å²) in [6, 6.07) is 2.22. The number of fused-ring (bicyclic) bond motifs is 1. The summed E-state index contributed by atoms with van der Waals surface area (Å²) in [6.45, 7) is 7.39. The summed E-state index contributed by atoms with van der Waals surface area (Å²) in [4.78, 5) is 18.2. The highest BCUT2D eigenvalue weighted by molar-refractivity contribution is 7.18. The lowest BCUT2D eigenvalue weighted by molar-refractivity contribution is 0.363. The number of aromatic nitrogens is 4. The van der Waals surface area contributed by atoms with E-state index < -0.39 is 0 Å². The molecule has 1 fully saturated rings. The zero-order valence-electron chi connectivity index (χ0n) is 13.6. The van der Waals surface area contributed by atoms with Crippen molar-refractivity contribution in [1.82, 2.24) is 19.5 Å². The minimum absolute atomic E-state index is 0.640. The Morgan fingerprint density at radius 3 is 3.00 bits per heavy atom. The lowest BCUT2D eigenvalue weighted by atomic mass is 9.97. The van der Waals surface area contributed by atoms with Crippen LogP contribution < -0.4 is 4.90 Å². The van der Waals surface area contributed by atoms with Gasteiger partial charge >= 0.3 is 0 Å². The smallest absolute Gasteiger partial charge is 0.140 e. The van der Waals surface area contributed by atoms with Crippen molar-refractivity contribution in [3.63, 3.8) is 0 Å². The predicted molar refractivity (Wildman–Crippen MR) is 94.1 cm³/mol. The van der Waals surface area contributed by atoms with Crippen molar-refractivity contribution < 1.29 is 0 Å². The molecular weight excluding hydrogens is 306 g/mol. The molecule has 1 saturated heterocycles. The largest absolute Gasteiger partial charge is 0.356 e. The normalized spacial score (nSPS) is 18.7. The number of hydrogen-bond donors (Lipinski definition) is 0. The van der Waals surface area contributed by atoms with E-state index in [0.717, 1.165) is 36.1 Å². The zero-order valence-corrected chi connectivity index (χ0v) is 14.4. The maximum atomic E-state index is 4.60. The monoisotopic (exact) mass is 327 g/mol. The number of anilines is 1. The molecule has 0 saturated carbocycles. The molecule has 6 heteroatoms. The molecule has 23 heavy (non-hydrogen) atoms. The Morgan fingerprint density at radius 1 is 1.26 bits per heavy atom. The lowest BCUT2D eigenvalue weighted by Gasteiger charge is -2.34. The molecule has 1 atom stereocenters. The third-order valence-electron chi connectivity index (χ3n) is 4.63. The Labute approximate surface area is 140 Å². The van der Waals surface area contributed by atoms with Crippen LogP contribution in [0.3, 0.4) is 0 Å². The van der Waals surface area contributed by atoms with E-state index in [4.69, 9.17) is 0 Å². The number of aryl methyl sites for hydroxylation is 2. The van der Waals surface area contributed by atoms with Crippen molar-refractivity contribution in [3.8, 4) is 0 Å². The van der Waals surface area contributed by atoms with E-state index in [1.54, 1.807) is 17.7 Å². The molecule has 3 aromatic rings. The predicted octanol–water partition coefficient (Wildman–Crippen LogP) is 3.42. The Balaban J connectivity index is 1.58. The summed E-state index contributed by atoms with van der Waals surface area (Å²) in [6.07, 6.45) is 8.16. The molecule has 1 unspecified atom stereocenters. The average molecular weight is 327 g/mol. The van der Waals surface area contributed by atoms with Crippen LogP contribution in [0.2, 0.25) is 0 Å². The van der Waals surface area contributed by atoms with Gasteiger partial charge in [0.2, 0.25) is 0 Å². The molecule has 0 aromatic carbocycles. The van der Waals surface area contributed by atoms with Gasteiger partial charge in [-0.25, -0.2) is 15.0 Å². The van der Waals surface area contributed by atoms with Crippen LogP contribution in [0.25, 0.3) is 10.2 Å². The maximum Gasteiger partial charge on any atom is 0.140 e. The molecule has 0 spiro atoms. The minimum Gasteiger partial charge on any atom is -0.356 e. The summed E-state index contributed by atoms with van der Waals surface area (Å²) in [7, 11) is 0. The third kappa shape index (κ3) is 2.83. The molecule has 0 bridgehead atoms. The lowest BCUT2D eigenvalue weighted by Crippen LogP contribution is -2.37. The van der Waals surface area contributed by atoms with Gasteiger partial charge in [-0.3, -0.25) is 0 Å². The van der Waals surface area contributed by atoms with E-state index in [-0.39, 0.29) is 0 Å². The summed E-state index contributed by atoms with van der Waals surface area (Å²) in [5.74, 6) is 2.84. The van der Waals surface area contributed by atoms with Gasteiger partial charge in [0.15, 0.2) is 0 Å². The fourth-order valence-corrected chi connectivity index (χ4v) is 4.34. The first kappa shape index (κ1) is 14.6. The topological polar surface area (TPSA) is 46.8 Å². The first-order valence-corrected chi connectivity index (χ1v) is 8.96. The van der Waals surface area contributed by atoms with Crippen LogP contribution in [0.5, 0.6) is 0 Å². The highest BCUT2D eigenvalue weighted by Gasteiger charge is 2.23. The molecule has 1 aliphatic rings. The van der Waals surface area contributed by atoms with E-state index in [1.165, 1.54) is 23.1 Å². The molecule has 4 heterocycles. The SMILES string of the molecule is Cc1cc2c(N3CCCC(Cn4ccnc4C)C3)ncnc2s1. The van der Waals surface area contributed by atoms with Crippen molar-refractivity contribution >= 4 is 27.4 Å². The molecule has 120 valence electrons. The Hall–Kier alpha value is -1.95. The number of rotatable bonds is 3. The van der Waals surface area contributed by atoms with E-state index in [9.17, 15) is 0 Å². The Kier molecular flexibility index (Phi) is 3.77. The molecule has 0 radical (unpaired) electrons. The molecule has 4 rings (SSSR count). The van der Waals surface area contributed by atoms with Crippen molar-refractivity contribution in [2.45, 2.75) is 33.2 Å². The van der Waals surface area contributed by atoms with Gasteiger partial charge in [0, 0.05) is 36.9 Å². The fourth-order valence-electron chi connectivity index (χ4n) is 3.50. The highest BCUT2D eigenvalue weighted by Crippen LogP contribution is 2.32.